The van der Waals surface area contributed by atoms with Gasteiger partial charge in [0, 0.05) is 15.7 Å². The minimum atomic E-state index is -0.543. The largest absolute Gasteiger partial charge is 0.490 e. The van der Waals surface area contributed by atoms with E-state index in [-0.39, 0.29) is 5.57 Å². The van der Waals surface area contributed by atoms with E-state index < -0.39 is 5.91 Å². The summed E-state index contributed by atoms with van der Waals surface area (Å²) in [6.07, 6.45) is 2.22. The lowest BCUT2D eigenvalue weighted by molar-refractivity contribution is -0.112. The number of carbonyl (C=O) groups is 1. The minimum absolute atomic E-state index is 0.0521. The number of anilines is 1. The van der Waals surface area contributed by atoms with E-state index in [1.165, 1.54) is 17.4 Å². The minimum Gasteiger partial charge on any atom is -0.490 e. The Morgan fingerprint density at radius 1 is 1.18 bits per heavy atom. The molecule has 1 heterocycles. The van der Waals surface area contributed by atoms with E-state index in [9.17, 15) is 10.1 Å². The number of ether oxygens (including phenoxy) is 2. The van der Waals surface area contributed by atoms with E-state index in [1.54, 1.807) is 30.0 Å². The van der Waals surface area contributed by atoms with Gasteiger partial charge in [0.15, 0.2) is 11.5 Å². The predicted molar refractivity (Wildman–Crippen MR) is 137 cm³/mol. The Hall–Kier alpha value is -3.06. The molecule has 3 rings (SSSR count). The van der Waals surface area contributed by atoms with E-state index >= 15 is 0 Å². The molecule has 176 valence electrons. The number of aromatic nitrogens is 2. The molecule has 0 radical (unpaired) electrons. The normalized spacial score (nSPS) is 11.1. The van der Waals surface area contributed by atoms with Crippen LogP contribution in [0.2, 0.25) is 5.02 Å². The molecule has 0 aliphatic heterocycles. The van der Waals surface area contributed by atoms with Crippen LogP contribution in [0.1, 0.15) is 24.4 Å². The van der Waals surface area contributed by atoms with Crippen LogP contribution in [0, 0.1) is 11.3 Å². The smallest absolute Gasteiger partial charge is 0.268 e. The number of nitriles is 1. The first-order valence-corrected chi connectivity index (χ1v) is 12.7. The van der Waals surface area contributed by atoms with Crippen LogP contribution in [0.25, 0.3) is 6.08 Å². The van der Waals surface area contributed by atoms with Gasteiger partial charge in [-0.05, 0) is 61.4 Å². The third-order valence-corrected chi connectivity index (χ3v) is 6.57. The molecule has 1 amide bonds. The number of hydrogen-bond donors (Lipinski definition) is 1. The molecule has 0 saturated heterocycles. The number of amides is 1. The third-order valence-electron chi connectivity index (χ3n) is 4.36. The number of benzene rings is 2. The average molecular weight is 515 g/mol. The van der Waals surface area contributed by atoms with Crippen LogP contribution in [0.5, 0.6) is 11.5 Å². The number of carbonyl (C=O) groups excluding carboxylic acids is 1. The summed E-state index contributed by atoms with van der Waals surface area (Å²) in [5.41, 5.74) is 0.591. The Kier molecular flexibility index (Phi) is 9.76. The molecular formula is C24H23ClN4O3S2. The zero-order chi connectivity index (χ0) is 24.3. The Balaban J connectivity index is 1.65. The molecule has 0 atom stereocenters. The molecule has 1 aromatic heterocycles. The van der Waals surface area contributed by atoms with Crippen molar-refractivity contribution in [2.24, 2.45) is 0 Å². The van der Waals surface area contributed by atoms with Gasteiger partial charge in [-0.3, -0.25) is 10.1 Å². The Bertz CT molecular complexity index is 1190. The van der Waals surface area contributed by atoms with Crippen LogP contribution in [0.15, 0.2) is 52.9 Å². The molecule has 0 unspecified atom stereocenters. The maximum atomic E-state index is 12.5. The van der Waals surface area contributed by atoms with Gasteiger partial charge in [-0.15, -0.1) is 22.0 Å². The number of aryl methyl sites for hydroxylation is 1. The second kappa shape index (κ2) is 13.0. The molecule has 0 fully saturated rings. The van der Waals surface area contributed by atoms with Gasteiger partial charge in [0.2, 0.25) is 5.13 Å². The number of nitrogens with zero attached hydrogens (tertiary/aromatic N) is 3. The predicted octanol–water partition coefficient (Wildman–Crippen LogP) is 5.87. The van der Waals surface area contributed by atoms with Crippen LogP contribution in [-0.2, 0) is 11.2 Å². The number of rotatable bonds is 11. The summed E-state index contributed by atoms with van der Waals surface area (Å²) in [6.45, 7) is 4.76. The molecule has 0 aliphatic rings. The summed E-state index contributed by atoms with van der Waals surface area (Å²) in [5, 5.41) is 21.9. The van der Waals surface area contributed by atoms with Crippen molar-refractivity contribution in [1.82, 2.24) is 10.2 Å². The maximum Gasteiger partial charge on any atom is 0.268 e. The zero-order valence-corrected chi connectivity index (χ0v) is 21.1. The standard InChI is InChI=1S/C24H23ClN4O3S2/c1-3-22-28-29-24(34-22)27-23(30)17(15-26)13-16-5-10-20(21(14-16)31-4-2)32-11-12-33-19-8-6-18(25)7-9-19/h5-10,13-14H,3-4,11-12H2,1-2H3,(H,27,29,30)/b17-13-. The van der Waals surface area contributed by atoms with Crippen LogP contribution < -0.4 is 14.8 Å². The van der Waals surface area contributed by atoms with Crippen molar-refractivity contribution in [2.45, 2.75) is 25.2 Å². The molecule has 0 spiro atoms. The first-order chi connectivity index (χ1) is 16.5. The van der Waals surface area contributed by atoms with Crippen molar-refractivity contribution in [3.63, 3.8) is 0 Å². The molecule has 0 bridgehead atoms. The van der Waals surface area contributed by atoms with Crippen molar-refractivity contribution in [3.8, 4) is 17.6 Å². The Morgan fingerprint density at radius 3 is 2.65 bits per heavy atom. The Morgan fingerprint density at radius 2 is 1.97 bits per heavy atom. The molecule has 0 aliphatic carbocycles. The van der Waals surface area contributed by atoms with Crippen LogP contribution in [0.4, 0.5) is 5.13 Å². The van der Waals surface area contributed by atoms with E-state index in [4.69, 9.17) is 21.1 Å². The highest BCUT2D eigenvalue weighted by Gasteiger charge is 2.14. The highest BCUT2D eigenvalue weighted by atomic mass is 35.5. The van der Waals surface area contributed by atoms with Crippen molar-refractivity contribution in [3.05, 3.63) is 63.6 Å². The molecule has 1 N–H and O–H groups in total. The first-order valence-electron chi connectivity index (χ1n) is 10.6. The fourth-order valence-corrected chi connectivity index (χ4v) is 4.30. The maximum absolute atomic E-state index is 12.5. The zero-order valence-electron chi connectivity index (χ0n) is 18.7. The lowest BCUT2D eigenvalue weighted by Gasteiger charge is -2.13. The summed E-state index contributed by atoms with van der Waals surface area (Å²) < 4.78 is 11.6. The highest BCUT2D eigenvalue weighted by Crippen LogP contribution is 2.30. The van der Waals surface area contributed by atoms with Gasteiger partial charge in [0.05, 0.1) is 13.2 Å². The van der Waals surface area contributed by atoms with E-state index in [0.29, 0.717) is 40.4 Å². The number of thioether (sulfide) groups is 1. The van der Waals surface area contributed by atoms with E-state index in [2.05, 4.69) is 15.5 Å². The fourth-order valence-electron chi connectivity index (χ4n) is 2.77. The van der Waals surface area contributed by atoms with Crippen LogP contribution >= 0.6 is 34.7 Å². The summed E-state index contributed by atoms with van der Waals surface area (Å²) >= 11 is 8.86. The van der Waals surface area contributed by atoms with Gasteiger partial charge in [-0.25, -0.2) is 0 Å². The molecule has 0 saturated carbocycles. The molecular weight excluding hydrogens is 492 g/mol. The summed E-state index contributed by atoms with van der Waals surface area (Å²) in [4.78, 5) is 13.6. The van der Waals surface area contributed by atoms with Gasteiger partial charge in [-0.1, -0.05) is 35.9 Å². The Labute approximate surface area is 211 Å². The topological polar surface area (TPSA) is 97.1 Å². The molecule has 34 heavy (non-hydrogen) atoms. The molecule has 3 aromatic rings. The number of halogens is 1. The fraction of sp³-hybridized carbons (Fsp3) is 0.250. The number of hydrogen-bond acceptors (Lipinski definition) is 8. The quantitative estimate of drug-likeness (QED) is 0.148. The summed E-state index contributed by atoms with van der Waals surface area (Å²) in [6, 6.07) is 14.9. The third kappa shape index (κ3) is 7.48. The van der Waals surface area contributed by atoms with Crippen molar-refractivity contribution in [2.75, 3.05) is 24.3 Å². The second-order valence-corrected chi connectivity index (χ2v) is 9.44. The lowest BCUT2D eigenvalue weighted by atomic mass is 10.1. The molecule has 7 nitrogen and oxygen atoms in total. The van der Waals surface area contributed by atoms with Gasteiger partial charge in [-0.2, -0.15) is 5.26 Å². The van der Waals surface area contributed by atoms with Crippen LogP contribution in [-0.4, -0.2) is 35.1 Å². The van der Waals surface area contributed by atoms with Gasteiger partial charge in [0.1, 0.15) is 16.6 Å². The SMILES string of the molecule is CCOc1cc(/C=C(/C#N)C(=O)Nc2nnc(CC)s2)ccc1OCCSc1ccc(Cl)cc1. The summed E-state index contributed by atoms with van der Waals surface area (Å²) in [5.74, 6) is 1.35. The molecule has 2 aromatic carbocycles. The summed E-state index contributed by atoms with van der Waals surface area (Å²) in [7, 11) is 0. The van der Waals surface area contributed by atoms with Crippen molar-refractivity contribution >= 4 is 51.8 Å². The van der Waals surface area contributed by atoms with Gasteiger partial charge in [0.25, 0.3) is 5.91 Å². The first kappa shape index (κ1) is 25.6. The second-order valence-electron chi connectivity index (χ2n) is 6.77. The highest BCUT2D eigenvalue weighted by molar-refractivity contribution is 7.99. The molecule has 10 heteroatoms. The monoisotopic (exact) mass is 514 g/mol. The van der Waals surface area contributed by atoms with Crippen LogP contribution in [0.3, 0.4) is 0 Å². The van der Waals surface area contributed by atoms with Crippen molar-refractivity contribution < 1.29 is 14.3 Å². The lowest BCUT2D eigenvalue weighted by Crippen LogP contribution is -2.13. The van der Waals surface area contributed by atoms with Gasteiger partial charge >= 0.3 is 0 Å². The van der Waals surface area contributed by atoms with E-state index in [0.717, 1.165) is 22.1 Å². The van der Waals surface area contributed by atoms with Gasteiger partial charge < -0.3 is 9.47 Å². The van der Waals surface area contributed by atoms with Crippen molar-refractivity contribution in [1.29, 1.82) is 5.26 Å². The number of nitrogens with one attached hydrogen (secondary N) is 1. The van der Waals surface area contributed by atoms with E-state index in [1.807, 2.05) is 44.2 Å². The average Bonchev–Trinajstić information content (AvgIpc) is 3.30.